The SMILES string of the molecule is CC#Cc1cc(C)c(C2C(=O)CC3(CCN(C(=O)COCCC)CC3)CC2=O)c(C)c1. The normalized spacial score (nSPS) is 18.8. The van der Waals surface area contributed by atoms with Gasteiger partial charge < -0.3 is 9.64 Å². The number of nitrogens with zero attached hydrogens (tertiary/aromatic N) is 1. The standard InChI is InChI=1S/C26H33NO4/c1-5-7-20-13-18(3)24(19(4)14-20)25-21(28)15-26(16-22(25)29)8-10-27(11-9-26)23(30)17-31-12-6-2/h13-14,25H,6,8-12,15-17H2,1-4H3. The van der Waals surface area contributed by atoms with E-state index >= 15 is 0 Å². The quantitative estimate of drug-likeness (QED) is 0.411. The van der Waals surface area contributed by atoms with E-state index in [1.165, 1.54) is 0 Å². The second-order valence-corrected chi connectivity index (χ2v) is 9.05. The highest BCUT2D eigenvalue weighted by molar-refractivity contribution is 6.10. The van der Waals surface area contributed by atoms with Gasteiger partial charge in [0, 0.05) is 38.1 Å². The van der Waals surface area contributed by atoms with Crippen molar-refractivity contribution in [2.75, 3.05) is 26.3 Å². The summed E-state index contributed by atoms with van der Waals surface area (Å²) in [4.78, 5) is 40.6. The van der Waals surface area contributed by atoms with Gasteiger partial charge in [0.25, 0.3) is 0 Å². The van der Waals surface area contributed by atoms with Crippen LogP contribution in [0.25, 0.3) is 0 Å². The van der Waals surface area contributed by atoms with Gasteiger partial charge in [-0.25, -0.2) is 0 Å². The van der Waals surface area contributed by atoms with Crippen LogP contribution in [0.1, 0.15) is 74.1 Å². The zero-order valence-corrected chi connectivity index (χ0v) is 19.2. The molecule has 1 heterocycles. The van der Waals surface area contributed by atoms with Crippen molar-refractivity contribution in [3.05, 3.63) is 34.4 Å². The van der Waals surface area contributed by atoms with Gasteiger partial charge >= 0.3 is 0 Å². The number of carbonyl (C=O) groups excluding carboxylic acids is 3. The maximum absolute atomic E-state index is 13.2. The van der Waals surface area contributed by atoms with Crippen LogP contribution in [0, 0.1) is 31.1 Å². The molecule has 1 saturated carbocycles. The molecule has 2 aliphatic rings. The first-order valence-corrected chi connectivity index (χ1v) is 11.2. The van der Waals surface area contributed by atoms with Crippen LogP contribution in [-0.2, 0) is 19.1 Å². The Bertz CT molecular complexity index is 885. The summed E-state index contributed by atoms with van der Waals surface area (Å²) in [5.74, 6) is 5.32. The number of piperidine rings is 1. The Morgan fingerprint density at radius 2 is 1.71 bits per heavy atom. The summed E-state index contributed by atoms with van der Waals surface area (Å²) in [5, 5.41) is 0. The van der Waals surface area contributed by atoms with Crippen LogP contribution >= 0.6 is 0 Å². The van der Waals surface area contributed by atoms with E-state index in [2.05, 4.69) is 11.8 Å². The second-order valence-electron chi connectivity index (χ2n) is 9.05. The molecule has 31 heavy (non-hydrogen) atoms. The first-order chi connectivity index (χ1) is 14.8. The number of carbonyl (C=O) groups is 3. The highest BCUT2D eigenvalue weighted by atomic mass is 16.5. The lowest BCUT2D eigenvalue weighted by atomic mass is 9.62. The largest absolute Gasteiger partial charge is 0.372 e. The summed E-state index contributed by atoms with van der Waals surface area (Å²) >= 11 is 0. The van der Waals surface area contributed by atoms with Crippen LogP contribution in [0.15, 0.2) is 12.1 Å². The number of likely N-dealkylation sites (tertiary alicyclic amines) is 1. The van der Waals surface area contributed by atoms with Crippen molar-refractivity contribution in [2.45, 2.75) is 65.7 Å². The number of ketones is 2. The smallest absolute Gasteiger partial charge is 0.248 e. The maximum atomic E-state index is 13.2. The summed E-state index contributed by atoms with van der Waals surface area (Å²) in [7, 11) is 0. The van der Waals surface area contributed by atoms with Gasteiger partial charge in [-0.3, -0.25) is 14.4 Å². The third-order valence-electron chi connectivity index (χ3n) is 6.64. The van der Waals surface area contributed by atoms with E-state index in [9.17, 15) is 14.4 Å². The van der Waals surface area contributed by atoms with Crippen molar-refractivity contribution < 1.29 is 19.1 Å². The van der Waals surface area contributed by atoms with Crippen LogP contribution in [-0.4, -0.2) is 48.7 Å². The average Bonchev–Trinajstić information content (AvgIpc) is 2.70. The lowest BCUT2D eigenvalue weighted by molar-refractivity contribution is -0.142. The van der Waals surface area contributed by atoms with Gasteiger partial charge in [-0.2, -0.15) is 0 Å². The lowest BCUT2D eigenvalue weighted by Gasteiger charge is -2.44. The minimum Gasteiger partial charge on any atom is -0.372 e. The first kappa shape index (κ1) is 23.2. The molecular formula is C26H33NO4. The predicted molar refractivity (Wildman–Crippen MR) is 120 cm³/mol. The monoisotopic (exact) mass is 423 g/mol. The number of amides is 1. The summed E-state index contributed by atoms with van der Waals surface area (Å²) in [6.45, 7) is 9.58. The van der Waals surface area contributed by atoms with Crippen molar-refractivity contribution in [3.8, 4) is 11.8 Å². The summed E-state index contributed by atoms with van der Waals surface area (Å²) < 4.78 is 5.37. The molecule has 1 spiro atoms. The number of hydrogen-bond acceptors (Lipinski definition) is 4. The van der Waals surface area contributed by atoms with Gasteiger partial charge in [0.2, 0.25) is 5.91 Å². The van der Waals surface area contributed by atoms with Crippen molar-refractivity contribution in [1.29, 1.82) is 0 Å². The molecular weight excluding hydrogens is 390 g/mol. The topological polar surface area (TPSA) is 63.7 Å². The molecule has 1 aromatic rings. The van der Waals surface area contributed by atoms with Crippen molar-refractivity contribution in [1.82, 2.24) is 4.90 Å². The van der Waals surface area contributed by atoms with Gasteiger partial charge in [0.05, 0.1) is 0 Å². The number of benzene rings is 1. The highest BCUT2D eigenvalue weighted by Gasteiger charge is 2.47. The van der Waals surface area contributed by atoms with E-state index in [1.54, 1.807) is 6.92 Å². The average molecular weight is 424 g/mol. The van der Waals surface area contributed by atoms with E-state index in [4.69, 9.17) is 4.74 Å². The molecule has 1 saturated heterocycles. The van der Waals surface area contributed by atoms with Gasteiger partial charge in [-0.1, -0.05) is 12.8 Å². The third kappa shape index (κ3) is 5.07. The molecule has 166 valence electrons. The molecule has 5 heteroatoms. The van der Waals surface area contributed by atoms with E-state index in [0.29, 0.717) is 45.4 Å². The third-order valence-corrected chi connectivity index (χ3v) is 6.64. The highest BCUT2D eigenvalue weighted by Crippen LogP contribution is 2.46. The van der Waals surface area contributed by atoms with E-state index in [1.807, 2.05) is 37.8 Å². The molecule has 1 amide bonds. The van der Waals surface area contributed by atoms with Crippen LogP contribution < -0.4 is 0 Å². The molecule has 1 aliphatic heterocycles. The Balaban J connectivity index is 1.70. The number of ether oxygens (including phenoxy) is 1. The Morgan fingerprint density at radius 1 is 1.13 bits per heavy atom. The fourth-order valence-corrected chi connectivity index (χ4v) is 5.13. The molecule has 0 radical (unpaired) electrons. The van der Waals surface area contributed by atoms with Crippen molar-refractivity contribution >= 4 is 17.5 Å². The van der Waals surface area contributed by atoms with E-state index < -0.39 is 5.92 Å². The second kappa shape index (κ2) is 9.78. The van der Waals surface area contributed by atoms with Gasteiger partial charge in [0.1, 0.15) is 24.1 Å². The van der Waals surface area contributed by atoms with Crippen molar-refractivity contribution in [3.63, 3.8) is 0 Å². The number of rotatable bonds is 5. The summed E-state index contributed by atoms with van der Waals surface area (Å²) in [6, 6.07) is 3.93. The molecule has 0 N–H and O–H groups in total. The van der Waals surface area contributed by atoms with Crippen LogP contribution in [0.3, 0.4) is 0 Å². The predicted octanol–water partition coefficient (Wildman–Crippen LogP) is 3.73. The number of Topliss-reactive ketones (excluding diaryl/α,β-unsaturated/α-hetero) is 2. The van der Waals surface area contributed by atoms with Crippen LogP contribution in [0.5, 0.6) is 0 Å². The zero-order valence-electron chi connectivity index (χ0n) is 19.2. The van der Waals surface area contributed by atoms with E-state index in [-0.39, 0.29) is 29.5 Å². The molecule has 0 aromatic heterocycles. The molecule has 3 rings (SSSR count). The van der Waals surface area contributed by atoms with Gasteiger partial charge in [-0.15, -0.1) is 5.92 Å². The Hall–Kier alpha value is -2.45. The lowest BCUT2D eigenvalue weighted by Crippen LogP contribution is -2.49. The number of aryl methyl sites for hydroxylation is 2. The minimum atomic E-state index is -0.670. The molecule has 0 bridgehead atoms. The Kier molecular flexibility index (Phi) is 7.33. The fourth-order valence-electron chi connectivity index (χ4n) is 5.13. The molecule has 0 atom stereocenters. The maximum Gasteiger partial charge on any atom is 0.248 e. The van der Waals surface area contributed by atoms with Crippen molar-refractivity contribution in [2.24, 2.45) is 5.41 Å². The fraction of sp³-hybridized carbons (Fsp3) is 0.577. The first-order valence-electron chi connectivity index (χ1n) is 11.2. The van der Waals surface area contributed by atoms with Gasteiger partial charge in [0.15, 0.2) is 0 Å². The summed E-state index contributed by atoms with van der Waals surface area (Å²) in [5.41, 5.74) is 3.36. The Labute approximate surface area is 185 Å². The molecule has 1 aliphatic carbocycles. The molecule has 5 nitrogen and oxygen atoms in total. The summed E-state index contributed by atoms with van der Waals surface area (Å²) in [6.07, 6.45) is 3.09. The van der Waals surface area contributed by atoms with Gasteiger partial charge in [-0.05, 0) is 74.3 Å². The molecule has 2 fully saturated rings. The zero-order chi connectivity index (χ0) is 22.6. The van der Waals surface area contributed by atoms with Crippen LogP contribution in [0.4, 0.5) is 0 Å². The van der Waals surface area contributed by atoms with E-state index in [0.717, 1.165) is 28.7 Å². The minimum absolute atomic E-state index is 0.00356. The molecule has 0 unspecified atom stereocenters. The van der Waals surface area contributed by atoms with Crippen LogP contribution in [0.2, 0.25) is 0 Å². The molecule has 1 aromatic carbocycles. The number of hydrogen-bond donors (Lipinski definition) is 0. The Morgan fingerprint density at radius 3 is 2.23 bits per heavy atom.